The number of nitrogens with one attached hydrogen (secondary N) is 1. The van der Waals surface area contributed by atoms with E-state index in [1.807, 2.05) is 23.1 Å². The van der Waals surface area contributed by atoms with Gasteiger partial charge in [-0.3, -0.25) is 4.79 Å². The Morgan fingerprint density at radius 1 is 1.35 bits per heavy atom. The van der Waals surface area contributed by atoms with Gasteiger partial charge in [0.25, 0.3) is 5.91 Å². The number of hydrogen-bond donors (Lipinski definition) is 1. The molecule has 0 aliphatic carbocycles. The second-order valence-electron chi connectivity index (χ2n) is 5.20. The van der Waals surface area contributed by atoms with E-state index in [9.17, 15) is 4.79 Å². The van der Waals surface area contributed by atoms with Crippen LogP contribution in [0.15, 0.2) is 24.3 Å². The molecule has 0 bridgehead atoms. The predicted molar refractivity (Wildman–Crippen MR) is 79.7 cm³/mol. The highest BCUT2D eigenvalue weighted by atomic mass is 16.5. The molecule has 1 aromatic carbocycles. The Hall–Kier alpha value is -1.55. The third-order valence-corrected chi connectivity index (χ3v) is 3.48. The molecular formula is C16H24N2O2. The van der Waals surface area contributed by atoms with E-state index in [-0.39, 0.29) is 12.5 Å². The Labute approximate surface area is 121 Å². The van der Waals surface area contributed by atoms with Crippen molar-refractivity contribution in [1.82, 2.24) is 10.2 Å². The number of amides is 1. The molecule has 1 heterocycles. The molecule has 20 heavy (non-hydrogen) atoms. The maximum absolute atomic E-state index is 11.9. The van der Waals surface area contributed by atoms with Gasteiger partial charge in [-0.05, 0) is 43.5 Å². The highest BCUT2D eigenvalue weighted by Crippen LogP contribution is 2.14. The van der Waals surface area contributed by atoms with Gasteiger partial charge in [-0.2, -0.15) is 0 Å². The zero-order valence-electron chi connectivity index (χ0n) is 12.2. The minimum absolute atomic E-state index is 0.0945. The fourth-order valence-corrected chi connectivity index (χ4v) is 2.36. The molecule has 0 radical (unpaired) electrons. The maximum Gasteiger partial charge on any atom is 0.260 e. The molecule has 110 valence electrons. The zero-order chi connectivity index (χ0) is 14.2. The molecule has 1 aliphatic heterocycles. The van der Waals surface area contributed by atoms with E-state index in [0.717, 1.165) is 51.2 Å². The predicted octanol–water partition coefficient (Wildman–Crippen LogP) is 2.19. The third kappa shape index (κ3) is 4.53. The summed E-state index contributed by atoms with van der Waals surface area (Å²) >= 11 is 0. The molecule has 1 aromatic rings. The van der Waals surface area contributed by atoms with Crippen molar-refractivity contribution in [3.05, 3.63) is 29.8 Å². The average molecular weight is 276 g/mol. The molecule has 1 saturated heterocycles. The summed E-state index contributed by atoms with van der Waals surface area (Å²) in [5, 5.41) is 3.36. The fourth-order valence-electron chi connectivity index (χ4n) is 2.36. The molecule has 4 nitrogen and oxygen atoms in total. The lowest BCUT2D eigenvalue weighted by Gasteiger charge is -2.15. The molecule has 2 rings (SSSR count). The van der Waals surface area contributed by atoms with Crippen LogP contribution < -0.4 is 10.1 Å². The first-order valence-corrected chi connectivity index (χ1v) is 7.50. The molecule has 4 heteroatoms. The van der Waals surface area contributed by atoms with Gasteiger partial charge in [-0.1, -0.05) is 19.1 Å². The first-order chi connectivity index (χ1) is 9.79. The lowest BCUT2D eigenvalue weighted by atomic mass is 10.2. The molecule has 0 spiro atoms. The number of nitrogens with zero attached hydrogens (tertiary/aromatic N) is 1. The van der Waals surface area contributed by atoms with Gasteiger partial charge in [0.05, 0.1) is 0 Å². The Morgan fingerprint density at radius 2 is 2.15 bits per heavy atom. The van der Waals surface area contributed by atoms with Crippen LogP contribution in [0.3, 0.4) is 0 Å². The van der Waals surface area contributed by atoms with Crippen LogP contribution in [0.1, 0.15) is 31.7 Å². The van der Waals surface area contributed by atoms with Gasteiger partial charge in [-0.15, -0.1) is 0 Å². The number of ether oxygens (including phenoxy) is 1. The largest absolute Gasteiger partial charge is 0.484 e. The molecule has 1 N–H and O–H groups in total. The molecular weight excluding hydrogens is 252 g/mol. The summed E-state index contributed by atoms with van der Waals surface area (Å²) in [5.74, 6) is 0.866. The monoisotopic (exact) mass is 276 g/mol. The minimum Gasteiger partial charge on any atom is -0.484 e. The van der Waals surface area contributed by atoms with E-state index < -0.39 is 0 Å². The summed E-state index contributed by atoms with van der Waals surface area (Å²) in [5.41, 5.74) is 1.18. The topological polar surface area (TPSA) is 41.6 Å². The van der Waals surface area contributed by atoms with Crippen LogP contribution in [-0.2, 0) is 11.3 Å². The SMILES string of the molecule is CCCNCc1cccc(OCC(=O)N2CCCC2)c1. The van der Waals surface area contributed by atoms with E-state index in [1.54, 1.807) is 0 Å². The highest BCUT2D eigenvalue weighted by molar-refractivity contribution is 5.78. The van der Waals surface area contributed by atoms with Gasteiger partial charge in [0.1, 0.15) is 5.75 Å². The number of likely N-dealkylation sites (tertiary alicyclic amines) is 1. The van der Waals surface area contributed by atoms with Gasteiger partial charge in [0.15, 0.2) is 6.61 Å². The third-order valence-electron chi connectivity index (χ3n) is 3.48. The van der Waals surface area contributed by atoms with Crippen LogP contribution in [-0.4, -0.2) is 37.0 Å². The molecule has 0 unspecified atom stereocenters. The van der Waals surface area contributed by atoms with Crippen molar-refractivity contribution < 1.29 is 9.53 Å². The van der Waals surface area contributed by atoms with Crippen molar-refractivity contribution in [2.24, 2.45) is 0 Å². The second-order valence-corrected chi connectivity index (χ2v) is 5.20. The van der Waals surface area contributed by atoms with Crippen molar-refractivity contribution in [2.75, 3.05) is 26.2 Å². The van der Waals surface area contributed by atoms with E-state index in [0.29, 0.717) is 0 Å². The smallest absolute Gasteiger partial charge is 0.260 e. The Balaban J connectivity index is 1.79. The van der Waals surface area contributed by atoms with E-state index in [4.69, 9.17) is 4.74 Å². The van der Waals surface area contributed by atoms with Crippen LogP contribution in [0.4, 0.5) is 0 Å². The van der Waals surface area contributed by atoms with E-state index in [2.05, 4.69) is 18.3 Å². The summed E-state index contributed by atoms with van der Waals surface area (Å²) in [6.45, 7) is 5.90. The molecule has 0 aromatic heterocycles. The Bertz CT molecular complexity index is 428. The highest BCUT2D eigenvalue weighted by Gasteiger charge is 2.17. The van der Waals surface area contributed by atoms with Crippen LogP contribution in [0.2, 0.25) is 0 Å². The van der Waals surface area contributed by atoms with Gasteiger partial charge in [0.2, 0.25) is 0 Å². The van der Waals surface area contributed by atoms with Crippen LogP contribution in [0, 0.1) is 0 Å². The Morgan fingerprint density at radius 3 is 2.90 bits per heavy atom. The number of benzene rings is 1. The van der Waals surface area contributed by atoms with Gasteiger partial charge < -0.3 is 15.0 Å². The van der Waals surface area contributed by atoms with Crippen molar-refractivity contribution in [3.63, 3.8) is 0 Å². The summed E-state index contributed by atoms with van der Waals surface area (Å²) in [4.78, 5) is 13.8. The van der Waals surface area contributed by atoms with Crippen molar-refractivity contribution in [1.29, 1.82) is 0 Å². The summed E-state index contributed by atoms with van der Waals surface area (Å²) in [6, 6.07) is 7.94. The standard InChI is InChI=1S/C16H24N2O2/c1-2-8-17-12-14-6-5-7-15(11-14)20-13-16(19)18-9-3-4-10-18/h5-7,11,17H,2-4,8-10,12-13H2,1H3. The number of carbonyl (C=O) groups is 1. The minimum atomic E-state index is 0.0945. The molecule has 1 aliphatic rings. The van der Waals surface area contributed by atoms with Gasteiger partial charge in [0, 0.05) is 19.6 Å². The zero-order valence-corrected chi connectivity index (χ0v) is 12.2. The number of hydrogen-bond acceptors (Lipinski definition) is 3. The second kappa shape index (κ2) is 7.90. The normalized spacial score (nSPS) is 14.6. The molecule has 1 fully saturated rings. The molecule has 0 saturated carbocycles. The summed E-state index contributed by atoms with van der Waals surface area (Å²) in [6.07, 6.45) is 3.36. The summed E-state index contributed by atoms with van der Waals surface area (Å²) in [7, 11) is 0. The first kappa shape index (κ1) is 14.9. The lowest BCUT2D eigenvalue weighted by molar-refractivity contribution is -0.132. The van der Waals surface area contributed by atoms with Crippen LogP contribution >= 0.6 is 0 Å². The first-order valence-electron chi connectivity index (χ1n) is 7.50. The van der Waals surface area contributed by atoms with Crippen molar-refractivity contribution in [2.45, 2.75) is 32.7 Å². The van der Waals surface area contributed by atoms with E-state index in [1.165, 1.54) is 5.56 Å². The fraction of sp³-hybridized carbons (Fsp3) is 0.562. The van der Waals surface area contributed by atoms with Crippen LogP contribution in [0.25, 0.3) is 0 Å². The van der Waals surface area contributed by atoms with Crippen LogP contribution in [0.5, 0.6) is 5.75 Å². The average Bonchev–Trinajstić information content (AvgIpc) is 3.00. The van der Waals surface area contributed by atoms with Crippen molar-refractivity contribution in [3.8, 4) is 5.75 Å². The molecule has 1 amide bonds. The van der Waals surface area contributed by atoms with E-state index >= 15 is 0 Å². The number of carbonyl (C=O) groups excluding carboxylic acids is 1. The maximum atomic E-state index is 11.9. The van der Waals surface area contributed by atoms with Gasteiger partial charge >= 0.3 is 0 Å². The number of rotatable bonds is 7. The van der Waals surface area contributed by atoms with Gasteiger partial charge in [-0.25, -0.2) is 0 Å². The quantitative estimate of drug-likeness (QED) is 0.776. The van der Waals surface area contributed by atoms with Crippen molar-refractivity contribution >= 4 is 5.91 Å². The lowest BCUT2D eigenvalue weighted by Crippen LogP contribution is -2.32. The molecule has 0 atom stereocenters. The Kier molecular flexibility index (Phi) is 5.87. The summed E-state index contributed by atoms with van der Waals surface area (Å²) < 4.78 is 5.61.